The molecule has 0 atom stereocenters. The van der Waals surface area contributed by atoms with E-state index in [2.05, 4.69) is 67.3 Å². The van der Waals surface area contributed by atoms with Gasteiger partial charge in [-0.05, 0) is 42.2 Å². The number of halogens is 1. The van der Waals surface area contributed by atoms with Crippen LogP contribution in [0.5, 0.6) is 0 Å². The molecule has 1 aromatic heterocycles. The van der Waals surface area contributed by atoms with Crippen molar-refractivity contribution in [2.75, 3.05) is 20.6 Å². The fraction of sp³-hybridized carbons (Fsp3) is 0.333. The quantitative estimate of drug-likeness (QED) is 0.643. The lowest BCUT2D eigenvalue weighted by Gasteiger charge is -2.23. The van der Waals surface area contributed by atoms with Crippen molar-refractivity contribution >= 4 is 21.9 Å². The Kier molecular flexibility index (Phi) is 6.59. The predicted octanol–water partition coefficient (Wildman–Crippen LogP) is 3.40. The van der Waals surface area contributed by atoms with Crippen LogP contribution in [0.1, 0.15) is 16.7 Å². The zero-order valence-corrected chi connectivity index (χ0v) is 15.5. The number of aliphatic imine (C=N–C) groups is 1. The highest BCUT2D eigenvalue weighted by atomic mass is 79.9. The van der Waals surface area contributed by atoms with Crippen molar-refractivity contribution in [3.63, 3.8) is 0 Å². The van der Waals surface area contributed by atoms with Crippen molar-refractivity contribution in [1.29, 1.82) is 0 Å². The number of aryl methyl sites for hydroxylation is 1. The van der Waals surface area contributed by atoms with Crippen LogP contribution in [0, 0.1) is 6.92 Å². The molecule has 0 radical (unpaired) electrons. The summed E-state index contributed by atoms with van der Waals surface area (Å²) in [5.74, 6) is 0.896. The van der Waals surface area contributed by atoms with Gasteiger partial charge in [-0.1, -0.05) is 34.1 Å². The van der Waals surface area contributed by atoms with E-state index in [9.17, 15) is 0 Å². The van der Waals surface area contributed by atoms with E-state index in [0.29, 0.717) is 0 Å². The average Bonchev–Trinajstić information content (AvgIpc) is 2.55. The Morgan fingerprint density at radius 1 is 1.26 bits per heavy atom. The van der Waals surface area contributed by atoms with Gasteiger partial charge < -0.3 is 10.2 Å². The molecular formula is C18H23BrN4. The molecular weight excluding hydrogens is 352 g/mol. The van der Waals surface area contributed by atoms with Crippen molar-refractivity contribution in [3.8, 4) is 0 Å². The monoisotopic (exact) mass is 374 g/mol. The van der Waals surface area contributed by atoms with Crippen LogP contribution in [0.3, 0.4) is 0 Å². The molecule has 0 aliphatic heterocycles. The molecule has 23 heavy (non-hydrogen) atoms. The maximum absolute atomic E-state index is 4.37. The number of benzene rings is 1. The molecule has 5 heteroatoms. The van der Waals surface area contributed by atoms with Crippen LogP contribution in [0.15, 0.2) is 52.2 Å². The Labute approximate surface area is 146 Å². The molecule has 0 spiro atoms. The highest BCUT2D eigenvalue weighted by molar-refractivity contribution is 9.10. The summed E-state index contributed by atoms with van der Waals surface area (Å²) < 4.78 is 1.12. The van der Waals surface area contributed by atoms with Crippen molar-refractivity contribution in [1.82, 2.24) is 15.2 Å². The summed E-state index contributed by atoms with van der Waals surface area (Å²) in [6.07, 6.45) is 4.70. The Hall–Kier alpha value is -1.88. The summed E-state index contributed by atoms with van der Waals surface area (Å²) in [7, 11) is 3.86. The second kappa shape index (κ2) is 8.67. The highest BCUT2D eigenvalue weighted by Crippen LogP contribution is 2.17. The number of guanidine groups is 1. The summed E-state index contributed by atoms with van der Waals surface area (Å²) in [5.41, 5.74) is 3.78. The number of hydrogen-bond donors (Lipinski definition) is 1. The SMILES string of the molecule is CN=C(NCCc1ccncc1C)N(C)Cc1ccccc1Br. The molecule has 2 rings (SSSR count). The van der Waals surface area contributed by atoms with Gasteiger partial charge in [0.1, 0.15) is 0 Å². The van der Waals surface area contributed by atoms with E-state index in [1.165, 1.54) is 16.7 Å². The fourth-order valence-corrected chi connectivity index (χ4v) is 2.84. The van der Waals surface area contributed by atoms with E-state index in [1.54, 1.807) is 0 Å². The third-order valence-electron chi connectivity index (χ3n) is 3.75. The van der Waals surface area contributed by atoms with Crippen molar-refractivity contribution < 1.29 is 0 Å². The number of hydrogen-bond acceptors (Lipinski definition) is 2. The first-order valence-corrected chi connectivity index (χ1v) is 8.45. The van der Waals surface area contributed by atoms with Crippen LogP contribution >= 0.6 is 15.9 Å². The number of nitrogens with one attached hydrogen (secondary N) is 1. The second-order valence-corrected chi connectivity index (χ2v) is 6.33. The van der Waals surface area contributed by atoms with Gasteiger partial charge in [0.25, 0.3) is 0 Å². The van der Waals surface area contributed by atoms with Crippen molar-refractivity contribution in [2.45, 2.75) is 19.9 Å². The Morgan fingerprint density at radius 2 is 2.04 bits per heavy atom. The van der Waals surface area contributed by atoms with Gasteiger partial charge >= 0.3 is 0 Å². The largest absolute Gasteiger partial charge is 0.356 e. The van der Waals surface area contributed by atoms with Crippen LogP contribution in [0.4, 0.5) is 0 Å². The third-order valence-corrected chi connectivity index (χ3v) is 4.53. The number of pyridine rings is 1. The van der Waals surface area contributed by atoms with E-state index in [1.807, 2.05) is 32.6 Å². The first-order chi connectivity index (χ1) is 11.1. The highest BCUT2D eigenvalue weighted by Gasteiger charge is 2.08. The zero-order chi connectivity index (χ0) is 16.7. The minimum Gasteiger partial charge on any atom is -0.356 e. The zero-order valence-electron chi connectivity index (χ0n) is 13.9. The van der Waals surface area contributed by atoms with Gasteiger partial charge in [0.2, 0.25) is 0 Å². The van der Waals surface area contributed by atoms with E-state index < -0.39 is 0 Å². The smallest absolute Gasteiger partial charge is 0.193 e. The maximum atomic E-state index is 4.37. The topological polar surface area (TPSA) is 40.5 Å². The summed E-state index contributed by atoms with van der Waals surface area (Å²) in [4.78, 5) is 10.6. The fourth-order valence-electron chi connectivity index (χ4n) is 2.43. The molecule has 0 saturated heterocycles. The predicted molar refractivity (Wildman–Crippen MR) is 99.6 cm³/mol. The van der Waals surface area contributed by atoms with Crippen LogP contribution in [-0.4, -0.2) is 36.5 Å². The molecule has 0 aliphatic rings. The molecule has 0 amide bonds. The van der Waals surface area contributed by atoms with Crippen LogP contribution < -0.4 is 5.32 Å². The first kappa shape index (κ1) is 17.5. The summed E-state index contributed by atoms with van der Waals surface area (Å²) in [6.45, 7) is 3.74. The van der Waals surface area contributed by atoms with E-state index in [0.717, 1.165) is 29.9 Å². The van der Waals surface area contributed by atoms with Gasteiger partial charge in [-0.25, -0.2) is 0 Å². The average molecular weight is 375 g/mol. The van der Waals surface area contributed by atoms with Gasteiger partial charge in [0.05, 0.1) is 0 Å². The van der Waals surface area contributed by atoms with Crippen LogP contribution in [0.25, 0.3) is 0 Å². The van der Waals surface area contributed by atoms with Gasteiger partial charge in [-0.3, -0.25) is 9.98 Å². The van der Waals surface area contributed by atoms with Crippen LogP contribution in [-0.2, 0) is 13.0 Å². The van der Waals surface area contributed by atoms with Crippen LogP contribution in [0.2, 0.25) is 0 Å². The van der Waals surface area contributed by atoms with E-state index >= 15 is 0 Å². The summed E-state index contributed by atoms with van der Waals surface area (Å²) >= 11 is 3.59. The molecule has 0 fully saturated rings. The molecule has 0 saturated carbocycles. The normalized spacial score (nSPS) is 11.4. The standard InChI is InChI=1S/C18H23BrN4/c1-14-12-21-10-8-15(14)9-11-22-18(20-2)23(3)13-16-6-4-5-7-17(16)19/h4-8,10,12H,9,11,13H2,1-3H3,(H,20,22). The molecule has 0 unspecified atom stereocenters. The summed E-state index contributed by atoms with van der Waals surface area (Å²) in [5, 5.41) is 3.42. The number of rotatable bonds is 5. The number of nitrogens with zero attached hydrogens (tertiary/aromatic N) is 3. The third kappa shape index (κ3) is 5.06. The van der Waals surface area contributed by atoms with Gasteiger partial charge in [0, 0.05) is 44.1 Å². The van der Waals surface area contributed by atoms with Crippen molar-refractivity contribution in [2.24, 2.45) is 4.99 Å². The first-order valence-electron chi connectivity index (χ1n) is 7.66. The Morgan fingerprint density at radius 3 is 2.74 bits per heavy atom. The summed E-state index contributed by atoms with van der Waals surface area (Å²) in [6, 6.07) is 10.3. The van der Waals surface area contributed by atoms with E-state index in [4.69, 9.17) is 0 Å². The van der Waals surface area contributed by atoms with Crippen molar-refractivity contribution in [3.05, 3.63) is 63.9 Å². The number of aromatic nitrogens is 1. The molecule has 1 aromatic carbocycles. The minimum atomic E-state index is 0.801. The molecule has 2 aromatic rings. The van der Waals surface area contributed by atoms with Gasteiger partial charge in [0.15, 0.2) is 5.96 Å². The lowest BCUT2D eigenvalue weighted by Crippen LogP contribution is -2.39. The molecule has 1 N–H and O–H groups in total. The lowest BCUT2D eigenvalue weighted by molar-refractivity contribution is 0.476. The lowest BCUT2D eigenvalue weighted by atomic mass is 10.1. The molecule has 4 nitrogen and oxygen atoms in total. The molecule has 0 bridgehead atoms. The second-order valence-electron chi connectivity index (χ2n) is 5.47. The molecule has 0 aliphatic carbocycles. The molecule has 122 valence electrons. The Bertz CT molecular complexity index is 670. The molecule has 1 heterocycles. The maximum Gasteiger partial charge on any atom is 0.193 e. The van der Waals surface area contributed by atoms with Gasteiger partial charge in [-0.2, -0.15) is 0 Å². The minimum absolute atomic E-state index is 0.801. The van der Waals surface area contributed by atoms with E-state index in [-0.39, 0.29) is 0 Å². The van der Waals surface area contributed by atoms with Gasteiger partial charge in [-0.15, -0.1) is 0 Å². The Balaban J connectivity index is 1.90.